The molecule has 0 aliphatic rings. The zero-order valence-electron chi connectivity index (χ0n) is 14.6. The van der Waals surface area contributed by atoms with Gasteiger partial charge in [-0.25, -0.2) is 4.79 Å². The normalized spacial score (nSPS) is 10.6. The van der Waals surface area contributed by atoms with Gasteiger partial charge in [0, 0.05) is 16.7 Å². The number of hydrogen-bond acceptors (Lipinski definition) is 3. The van der Waals surface area contributed by atoms with Gasteiger partial charge in [-0.05, 0) is 55.8 Å². The Labute approximate surface area is 156 Å². The molecule has 2 aromatic rings. The first-order valence-corrected chi connectivity index (χ1v) is 8.74. The van der Waals surface area contributed by atoms with Crippen LogP contribution < -0.4 is 10.6 Å². The van der Waals surface area contributed by atoms with E-state index in [1.165, 1.54) is 0 Å². The van der Waals surface area contributed by atoms with Crippen molar-refractivity contribution >= 4 is 33.6 Å². The van der Waals surface area contributed by atoms with Crippen LogP contribution in [0.1, 0.15) is 16.7 Å². The molecule has 2 rings (SSSR count). The summed E-state index contributed by atoms with van der Waals surface area (Å²) in [5.41, 5.74) is 3.86. The zero-order valence-corrected chi connectivity index (χ0v) is 16.2. The number of rotatable bonds is 5. The molecule has 3 amide bonds. The molecule has 5 nitrogen and oxygen atoms in total. The fraction of sp³-hybridized carbons (Fsp3) is 0.263. The number of imide groups is 1. The van der Waals surface area contributed by atoms with Crippen molar-refractivity contribution in [3.8, 4) is 0 Å². The van der Waals surface area contributed by atoms with Gasteiger partial charge in [0.25, 0.3) is 0 Å². The topological polar surface area (TPSA) is 61.4 Å². The van der Waals surface area contributed by atoms with Crippen molar-refractivity contribution in [3.63, 3.8) is 0 Å². The molecule has 132 valence electrons. The van der Waals surface area contributed by atoms with Crippen molar-refractivity contribution in [2.75, 3.05) is 18.9 Å². The van der Waals surface area contributed by atoms with Crippen LogP contribution >= 0.6 is 15.9 Å². The van der Waals surface area contributed by atoms with Gasteiger partial charge < -0.3 is 5.32 Å². The van der Waals surface area contributed by atoms with E-state index >= 15 is 0 Å². The third-order valence-electron chi connectivity index (χ3n) is 3.89. The molecular formula is C19H22BrN3O2. The van der Waals surface area contributed by atoms with Crippen LogP contribution in [0.3, 0.4) is 0 Å². The van der Waals surface area contributed by atoms with E-state index < -0.39 is 6.03 Å². The fourth-order valence-corrected chi connectivity index (χ4v) is 2.67. The molecule has 0 aliphatic carbocycles. The SMILES string of the molecule is Cc1cccc(NC(=O)NC(=O)CN(C)Cc2ccc(Br)cc2)c1C. The monoisotopic (exact) mass is 403 g/mol. The second kappa shape index (κ2) is 8.78. The van der Waals surface area contributed by atoms with Crippen LogP contribution in [-0.2, 0) is 11.3 Å². The second-order valence-corrected chi connectivity index (χ2v) is 6.96. The Morgan fingerprint density at radius 1 is 1.08 bits per heavy atom. The molecule has 25 heavy (non-hydrogen) atoms. The third-order valence-corrected chi connectivity index (χ3v) is 4.41. The summed E-state index contributed by atoms with van der Waals surface area (Å²) in [5.74, 6) is -0.345. The highest BCUT2D eigenvalue weighted by atomic mass is 79.9. The van der Waals surface area contributed by atoms with Crippen LogP contribution in [0.5, 0.6) is 0 Å². The Hall–Kier alpha value is -2.18. The van der Waals surface area contributed by atoms with E-state index in [0.717, 1.165) is 21.2 Å². The zero-order chi connectivity index (χ0) is 18.4. The predicted octanol–water partition coefficient (Wildman–Crippen LogP) is 3.85. The van der Waals surface area contributed by atoms with Gasteiger partial charge in [-0.15, -0.1) is 0 Å². The summed E-state index contributed by atoms with van der Waals surface area (Å²) in [5, 5.41) is 5.08. The molecule has 6 heteroatoms. The first-order chi connectivity index (χ1) is 11.8. The highest BCUT2D eigenvalue weighted by molar-refractivity contribution is 9.10. The molecule has 0 bridgehead atoms. The number of anilines is 1. The number of benzene rings is 2. The first kappa shape index (κ1) is 19.1. The number of carbonyl (C=O) groups is 2. The van der Waals surface area contributed by atoms with E-state index in [0.29, 0.717) is 12.2 Å². The Bertz CT molecular complexity index is 760. The summed E-state index contributed by atoms with van der Waals surface area (Å²) < 4.78 is 1.01. The average Bonchev–Trinajstić information content (AvgIpc) is 2.53. The van der Waals surface area contributed by atoms with Crippen molar-refractivity contribution in [1.29, 1.82) is 0 Å². The van der Waals surface area contributed by atoms with Crippen molar-refractivity contribution < 1.29 is 9.59 Å². The quantitative estimate of drug-likeness (QED) is 0.796. The maximum absolute atomic E-state index is 12.0. The lowest BCUT2D eigenvalue weighted by Gasteiger charge is -2.16. The Balaban J connectivity index is 1.83. The number of carbonyl (C=O) groups excluding carboxylic acids is 2. The van der Waals surface area contributed by atoms with Crippen LogP contribution in [-0.4, -0.2) is 30.4 Å². The van der Waals surface area contributed by atoms with Crippen molar-refractivity contribution in [1.82, 2.24) is 10.2 Å². The minimum absolute atomic E-state index is 0.135. The molecule has 2 aromatic carbocycles. The number of likely N-dealkylation sites (N-methyl/N-ethyl adjacent to an activating group) is 1. The van der Waals surface area contributed by atoms with Gasteiger partial charge in [0.05, 0.1) is 6.54 Å². The average molecular weight is 404 g/mol. The lowest BCUT2D eigenvalue weighted by molar-refractivity contribution is -0.120. The maximum atomic E-state index is 12.0. The molecule has 0 fully saturated rings. The van der Waals surface area contributed by atoms with E-state index in [4.69, 9.17) is 0 Å². The molecule has 0 saturated carbocycles. The van der Waals surface area contributed by atoms with E-state index in [2.05, 4.69) is 26.6 Å². The lowest BCUT2D eigenvalue weighted by Crippen LogP contribution is -2.40. The highest BCUT2D eigenvalue weighted by Gasteiger charge is 2.12. The summed E-state index contributed by atoms with van der Waals surface area (Å²) in [4.78, 5) is 25.9. The number of amides is 3. The number of nitrogens with zero attached hydrogens (tertiary/aromatic N) is 1. The molecule has 0 aliphatic heterocycles. The number of nitrogens with one attached hydrogen (secondary N) is 2. The molecular weight excluding hydrogens is 382 g/mol. The fourth-order valence-electron chi connectivity index (χ4n) is 2.41. The Morgan fingerprint density at radius 2 is 1.76 bits per heavy atom. The smallest absolute Gasteiger partial charge is 0.307 e. The summed E-state index contributed by atoms with van der Waals surface area (Å²) in [6.07, 6.45) is 0. The van der Waals surface area contributed by atoms with Crippen LogP contribution in [0.4, 0.5) is 10.5 Å². The molecule has 0 atom stereocenters. The van der Waals surface area contributed by atoms with Gasteiger partial charge >= 0.3 is 6.03 Å². The molecule has 0 aromatic heterocycles. The number of aryl methyl sites for hydroxylation is 1. The maximum Gasteiger partial charge on any atom is 0.325 e. The predicted molar refractivity (Wildman–Crippen MR) is 104 cm³/mol. The van der Waals surface area contributed by atoms with Gasteiger partial charge in [-0.2, -0.15) is 0 Å². The van der Waals surface area contributed by atoms with Crippen molar-refractivity contribution in [2.45, 2.75) is 20.4 Å². The first-order valence-electron chi connectivity index (χ1n) is 7.95. The summed E-state index contributed by atoms with van der Waals surface area (Å²) >= 11 is 3.39. The number of halogens is 1. The minimum Gasteiger partial charge on any atom is -0.307 e. The highest BCUT2D eigenvalue weighted by Crippen LogP contribution is 2.17. The summed E-state index contributed by atoms with van der Waals surface area (Å²) in [6.45, 7) is 4.66. The van der Waals surface area contributed by atoms with Crippen LogP contribution in [0.15, 0.2) is 46.9 Å². The largest absolute Gasteiger partial charge is 0.325 e. The van der Waals surface area contributed by atoms with Gasteiger partial charge in [0.1, 0.15) is 0 Å². The Morgan fingerprint density at radius 3 is 2.44 bits per heavy atom. The van der Waals surface area contributed by atoms with Crippen LogP contribution in [0.25, 0.3) is 0 Å². The van der Waals surface area contributed by atoms with Crippen molar-refractivity contribution in [3.05, 3.63) is 63.6 Å². The van der Waals surface area contributed by atoms with E-state index in [-0.39, 0.29) is 12.5 Å². The minimum atomic E-state index is -0.518. The second-order valence-electron chi connectivity index (χ2n) is 6.05. The van der Waals surface area contributed by atoms with Gasteiger partial charge in [0.15, 0.2) is 0 Å². The molecule has 0 unspecified atom stereocenters. The van der Waals surface area contributed by atoms with E-state index in [9.17, 15) is 9.59 Å². The van der Waals surface area contributed by atoms with E-state index in [1.54, 1.807) is 0 Å². The molecule has 0 radical (unpaired) electrons. The van der Waals surface area contributed by atoms with Gasteiger partial charge in [-0.1, -0.05) is 40.2 Å². The molecule has 2 N–H and O–H groups in total. The van der Waals surface area contributed by atoms with Gasteiger partial charge in [-0.3, -0.25) is 15.0 Å². The number of hydrogen-bond donors (Lipinski definition) is 2. The van der Waals surface area contributed by atoms with Gasteiger partial charge in [0.2, 0.25) is 5.91 Å². The third kappa shape index (κ3) is 5.99. The van der Waals surface area contributed by atoms with E-state index in [1.807, 2.05) is 68.3 Å². The Kier molecular flexibility index (Phi) is 6.73. The molecule has 0 spiro atoms. The van der Waals surface area contributed by atoms with Crippen molar-refractivity contribution in [2.24, 2.45) is 0 Å². The molecule has 0 heterocycles. The lowest BCUT2D eigenvalue weighted by atomic mass is 10.1. The number of urea groups is 1. The summed E-state index contributed by atoms with van der Waals surface area (Å²) in [7, 11) is 1.84. The van der Waals surface area contributed by atoms with Crippen LogP contribution in [0, 0.1) is 13.8 Å². The molecule has 0 saturated heterocycles. The summed E-state index contributed by atoms with van der Waals surface area (Å²) in [6, 6.07) is 13.0. The standard InChI is InChI=1S/C19H22BrN3O2/c1-13-5-4-6-17(14(13)2)21-19(25)22-18(24)12-23(3)11-15-7-9-16(20)10-8-15/h4-10H,11-12H2,1-3H3,(H2,21,22,24,25). The van der Waals surface area contributed by atoms with Crippen LogP contribution in [0.2, 0.25) is 0 Å².